The zero-order valence-corrected chi connectivity index (χ0v) is 17.8. The normalized spacial score (nSPS) is 12.4. The Labute approximate surface area is 172 Å². The van der Waals surface area contributed by atoms with E-state index in [0.717, 1.165) is 24.2 Å². The number of carbonyl (C=O) groups is 1. The fourth-order valence-electron chi connectivity index (χ4n) is 2.97. The van der Waals surface area contributed by atoms with Gasteiger partial charge in [0.05, 0.1) is 17.6 Å². The lowest BCUT2D eigenvalue weighted by molar-refractivity contribution is 0.0697. The van der Waals surface area contributed by atoms with Crippen LogP contribution in [0.3, 0.4) is 0 Å². The van der Waals surface area contributed by atoms with Crippen LogP contribution in [0.25, 0.3) is 0 Å². The van der Waals surface area contributed by atoms with Crippen molar-refractivity contribution >= 4 is 21.7 Å². The summed E-state index contributed by atoms with van der Waals surface area (Å²) in [6.45, 7) is 4.20. The molecule has 1 atom stereocenters. The molecule has 3 N–H and O–H groups in total. The van der Waals surface area contributed by atoms with Crippen molar-refractivity contribution in [2.24, 2.45) is 0 Å². The highest BCUT2D eigenvalue weighted by Crippen LogP contribution is 2.22. The minimum absolute atomic E-state index is 0.0639. The van der Waals surface area contributed by atoms with Crippen LogP contribution >= 0.6 is 0 Å². The number of ether oxygens (including phenoxy) is 1. The minimum Gasteiger partial charge on any atom is -0.497 e. The lowest BCUT2D eigenvalue weighted by atomic mass is 10.1. The molecule has 0 saturated carbocycles. The summed E-state index contributed by atoms with van der Waals surface area (Å²) in [6.07, 6.45) is 2.34. The number of nitrogens with one attached hydrogen (secondary N) is 2. The molecule has 29 heavy (non-hydrogen) atoms. The number of sulfonamides is 1. The minimum atomic E-state index is -3.82. The molecule has 0 aliphatic heterocycles. The van der Waals surface area contributed by atoms with E-state index < -0.39 is 16.0 Å². The van der Waals surface area contributed by atoms with E-state index in [-0.39, 0.29) is 23.0 Å². The van der Waals surface area contributed by atoms with Crippen molar-refractivity contribution < 1.29 is 23.1 Å². The van der Waals surface area contributed by atoms with Crippen molar-refractivity contribution in [3.05, 3.63) is 53.6 Å². The fourth-order valence-corrected chi connectivity index (χ4v) is 4.03. The summed E-state index contributed by atoms with van der Waals surface area (Å²) in [7, 11) is -2.24. The molecule has 0 aromatic heterocycles. The number of aromatic carboxylic acids is 1. The first-order valence-electron chi connectivity index (χ1n) is 9.53. The van der Waals surface area contributed by atoms with Gasteiger partial charge in [-0.15, -0.1) is 0 Å². The van der Waals surface area contributed by atoms with Crippen LogP contribution in [0, 0.1) is 0 Å². The Bertz CT molecular complexity index is 927. The molecule has 0 radical (unpaired) electrons. The number of anilines is 1. The van der Waals surface area contributed by atoms with E-state index in [9.17, 15) is 18.3 Å². The van der Waals surface area contributed by atoms with E-state index in [1.807, 2.05) is 38.1 Å². The van der Waals surface area contributed by atoms with Crippen LogP contribution in [0.4, 0.5) is 5.69 Å². The summed E-state index contributed by atoms with van der Waals surface area (Å²) >= 11 is 0. The van der Waals surface area contributed by atoms with Gasteiger partial charge in [0.1, 0.15) is 5.75 Å². The van der Waals surface area contributed by atoms with E-state index >= 15 is 0 Å². The van der Waals surface area contributed by atoms with Crippen LogP contribution in [-0.4, -0.2) is 39.2 Å². The Morgan fingerprint density at radius 2 is 1.86 bits per heavy atom. The molecule has 0 spiro atoms. The molecule has 0 aliphatic rings. The molecular formula is C21H28N2O5S. The van der Waals surface area contributed by atoms with Gasteiger partial charge < -0.3 is 15.2 Å². The average Bonchev–Trinajstić information content (AvgIpc) is 2.68. The summed E-state index contributed by atoms with van der Waals surface area (Å²) in [4.78, 5) is 11.6. The first-order chi connectivity index (χ1) is 13.8. The van der Waals surface area contributed by atoms with Crippen molar-refractivity contribution in [3.8, 4) is 5.75 Å². The SMILES string of the molecule is CCC[C@@H](C)Nc1ccc(S(=O)(=O)NCCc2ccc(OC)cc2)cc1C(=O)O. The van der Waals surface area contributed by atoms with Crippen LogP contribution in [0.15, 0.2) is 47.4 Å². The molecule has 0 unspecified atom stereocenters. The van der Waals surface area contributed by atoms with E-state index in [1.54, 1.807) is 7.11 Å². The maximum absolute atomic E-state index is 12.6. The lowest BCUT2D eigenvalue weighted by Crippen LogP contribution is -2.26. The summed E-state index contributed by atoms with van der Waals surface area (Å²) in [5, 5.41) is 12.6. The predicted molar refractivity (Wildman–Crippen MR) is 113 cm³/mol. The topological polar surface area (TPSA) is 105 Å². The van der Waals surface area contributed by atoms with Gasteiger partial charge in [-0.3, -0.25) is 0 Å². The van der Waals surface area contributed by atoms with Crippen LogP contribution in [-0.2, 0) is 16.4 Å². The van der Waals surface area contributed by atoms with Crippen molar-refractivity contribution in [2.45, 2.75) is 44.0 Å². The van der Waals surface area contributed by atoms with Crippen molar-refractivity contribution in [3.63, 3.8) is 0 Å². The molecule has 0 amide bonds. The molecule has 0 fully saturated rings. The molecular weight excluding hydrogens is 392 g/mol. The van der Waals surface area contributed by atoms with Crippen molar-refractivity contribution in [1.29, 1.82) is 0 Å². The smallest absolute Gasteiger partial charge is 0.337 e. The van der Waals surface area contributed by atoms with E-state index in [4.69, 9.17) is 4.74 Å². The average molecular weight is 421 g/mol. The quantitative estimate of drug-likeness (QED) is 0.514. The molecule has 0 bridgehead atoms. The fraction of sp³-hybridized carbons (Fsp3) is 0.381. The molecule has 2 rings (SSSR count). The lowest BCUT2D eigenvalue weighted by Gasteiger charge is -2.17. The third-order valence-electron chi connectivity index (χ3n) is 4.52. The molecule has 0 saturated heterocycles. The highest BCUT2D eigenvalue weighted by molar-refractivity contribution is 7.89. The van der Waals surface area contributed by atoms with Gasteiger partial charge in [0, 0.05) is 18.3 Å². The van der Waals surface area contributed by atoms with E-state index in [1.165, 1.54) is 18.2 Å². The van der Waals surface area contributed by atoms with Gasteiger partial charge in [-0.05, 0) is 55.7 Å². The highest BCUT2D eigenvalue weighted by Gasteiger charge is 2.19. The number of methoxy groups -OCH3 is 1. The van der Waals surface area contributed by atoms with Crippen molar-refractivity contribution in [1.82, 2.24) is 4.72 Å². The Morgan fingerprint density at radius 3 is 2.45 bits per heavy atom. The third-order valence-corrected chi connectivity index (χ3v) is 5.98. The van der Waals surface area contributed by atoms with Gasteiger partial charge in [-0.2, -0.15) is 0 Å². The summed E-state index contributed by atoms with van der Waals surface area (Å²) in [5.74, 6) is -0.441. The van der Waals surface area contributed by atoms with Gasteiger partial charge in [0.15, 0.2) is 0 Å². The highest BCUT2D eigenvalue weighted by atomic mass is 32.2. The van der Waals surface area contributed by atoms with E-state index in [0.29, 0.717) is 12.1 Å². The van der Waals surface area contributed by atoms with Gasteiger partial charge in [0.2, 0.25) is 10.0 Å². The zero-order chi connectivity index (χ0) is 21.4. The number of hydrogen-bond donors (Lipinski definition) is 3. The van der Waals surface area contributed by atoms with Crippen LogP contribution < -0.4 is 14.8 Å². The Morgan fingerprint density at radius 1 is 1.17 bits per heavy atom. The summed E-state index contributed by atoms with van der Waals surface area (Å²) in [6, 6.07) is 11.6. The maximum Gasteiger partial charge on any atom is 0.337 e. The molecule has 8 heteroatoms. The number of carboxylic acid groups (broad SMARTS) is 1. The largest absolute Gasteiger partial charge is 0.497 e. The predicted octanol–water partition coefficient (Wildman–Crippen LogP) is 3.51. The number of benzene rings is 2. The summed E-state index contributed by atoms with van der Waals surface area (Å²) < 4.78 is 32.8. The molecule has 158 valence electrons. The van der Waals surface area contributed by atoms with E-state index in [2.05, 4.69) is 10.0 Å². The van der Waals surface area contributed by atoms with Gasteiger partial charge in [-0.1, -0.05) is 25.5 Å². The molecule has 2 aromatic rings. The van der Waals surface area contributed by atoms with Crippen LogP contribution in [0.5, 0.6) is 5.75 Å². The second-order valence-corrected chi connectivity index (χ2v) is 8.61. The Hall–Kier alpha value is -2.58. The van der Waals surface area contributed by atoms with Gasteiger partial charge in [0.25, 0.3) is 0 Å². The first kappa shape index (κ1) is 22.7. The second-order valence-electron chi connectivity index (χ2n) is 6.84. The van der Waals surface area contributed by atoms with Crippen LogP contribution in [0.2, 0.25) is 0 Å². The van der Waals surface area contributed by atoms with Crippen LogP contribution in [0.1, 0.15) is 42.6 Å². The van der Waals surface area contributed by atoms with Gasteiger partial charge in [-0.25, -0.2) is 17.9 Å². The molecule has 2 aromatic carbocycles. The number of rotatable bonds is 11. The Kier molecular flexibility index (Phi) is 8.04. The van der Waals surface area contributed by atoms with Gasteiger partial charge >= 0.3 is 5.97 Å². The Balaban J connectivity index is 2.10. The third kappa shape index (κ3) is 6.47. The molecule has 0 heterocycles. The maximum atomic E-state index is 12.6. The molecule has 0 aliphatic carbocycles. The molecule has 7 nitrogen and oxygen atoms in total. The standard InChI is InChI=1S/C21H28N2O5S/c1-4-5-15(2)23-20-11-10-18(14-19(20)21(24)25)29(26,27)22-13-12-16-6-8-17(28-3)9-7-16/h6-11,14-15,22-23H,4-5,12-13H2,1-3H3,(H,24,25)/t15-/m1/s1. The monoisotopic (exact) mass is 420 g/mol. The first-order valence-corrected chi connectivity index (χ1v) is 11.0. The zero-order valence-electron chi connectivity index (χ0n) is 16.9. The number of hydrogen-bond acceptors (Lipinski definition) is 5. The number of carboxylic acids is 1. The van der Waals surface area contributed by atoms with Crippen molar-refractivity contribution in [2.75, 3.05) is 19.0 Å². The summed E-state index contributed by atoms with van der Waals surface area (Å²) in [5.41, 5.74) is 1.31. The second kappa shape index (κ2) is 10.3.